The molecule has 25 heavy (non-hydrogen) atoms. The molecule has 0 bridgehead atoms. The minimum atomic E-state index is 0.251. The number of hydrogen-bond acceptors (Lipinski definition) is 3. The van der Waals surface area contributed by atoms with E-state index in [4.69, 9.17) is 0 Å². The molecule has 3 aromatic rings. The number of pyridine rings is 1. The van der Waals surface area contributed by atoms with Gasteiger partial charge in [-0.15, -0.1) is 0 Å². The monoisotopic (exact) mass is 331 g/mol. The van der Waals surface area contributed by atoms with Crippen molar-refractivity contribution in [3.8, 4) is 17.6 Å². The fourth-order valence-electron chi connectivity index (χ4n) is 3.39. The van der Waals surface area contributed by atoms with Crippen molar-refractivity contribution in [2.45, 2.75) is 38.1 Å². The molecule has 1 saturated carbocycles. The minimum absolute atomic E-state index is 0.251. The number of aromatic nitrogens is 2. The average Bonchev–Trinajstić information content (AvgIpc) is 3.12. The van der Waals surface area contributed by atoms with Gasteiger partial charge in [-0.05, 0) is 43.2 Å². The highest BCUT2D eigenvalue weighted by molar-refractivity contribution is 5.92. The molecule has 0 radical (unpaired) electrons. The zero-order valence-corrected chi connectivity index (χ0v) is 14.0. The van der Waals surface area contributed by atoms with Crippen molar-refractivity contribution < 1.29 is 5.11 Å². The smallest absolute Gasteiger partial charge is 0.139 e. The molecule has 126 valence electrons. The molecule has 0 aliphatic heterocycles. The minimum Gasteiger partial charge on any atom is -0.508 e. The Balaban J connectivity index is 1.70. The van der Waals surface area contributed by atoms with Crippen molar-refractivity contribution in [2.75, 3.05) is 5.32 Å². The van der Waals surface area contributed by atoms with E-state index in [1.807, 2.05) is 24.5 Å². The number of nitrogens with zero attached hydrogens (tertiary/aromatic N) is 1. The molecule has 1 fully saturated rings. The average molecular weight is 331 g/mol. The predicted octanol–water partition coefficient (Wildman–Crippen LogP) is 4.41. The summed E-state index contributed by atoms with van der Waals surface area (Å²) in [6.45, 7) is 0. The van der Waals surface area contributed by atoms with Crippen molar-refractivity contribution in [2.24, 2.45) is 0 Å². The standard InChI is InChI=1S/C21H21N3O/c25-18-10-7-15(8-11-18)6-9-16-14-23-21-19(12-13-22-21)20(16)24-17-4-2-1-3-5-17/h7-8,10-14,17,25H,1-5H2,(H2,22,23,24). The van der Waals surface area contributed by atoms with Crippen LogP contribution in [-0.2, 0) is 0 Å². The molecule has 1 aliphatic carbocycles. The van der Waals surface area contributed by atoms with Gasteiger partial charge in [0, 0.05) is 29.4 Å². The molecule has 2 heterocycles. The molecular weight excluding hydrogens is 310 g/mol. The van der Waals surface area contributed by atoms with E-state index < -0.39 is 0 Å². The summed E-state index contributed by atoms with van der Waals surface area (Å²) in [6, 6.07) is 9.50. The first-order valence-corrected chi connectivity index (χ1v) is 8.83. The molecule has 0 amide bonds. The quantitative estimate of drug-likeness (QED) is 0.610. The Bertz CT molecular complexity index is 925. The Morgan fingerprint density at radius 3 is 2.64 bits per heavy atom. The number of nitrogens with one attached hydrogen (secondary N) is 2. The summed E-state index contributed by atoms with van der Waals surface area (Å²) in [4.78, 5) is 7.66. The summed E-state index contributed by atoms with van der Waals surface area (Å²) >= 11 is 0. The van der Waals surface area contributed by atoms with Crippen molar-refractivity contribution in [3.63, 3.8) is 0 Å². The summed E-state index contributed by atoms with van der Waals surface area (Å²) in [5.41, 5.74) is 3.74. The van der Waals surface area contributed by atoms with E-state index in [1.165, 1.54) is 32.1 Å². The first-order chi connectivity index (χ1) is 12.3. The zero-order valence-electron chi connectivity index (χ0n) is 14.0. The molecule has 2 aromatic heterocycles. The fourth-order valence-corrected chi connectivity index (χ4v) is 3.39. The zero-order chi connectivity index (χ0) is 17.1. The lowest BCUT2D eigenvalue weighted by Gasteiger charge is -2.24. The third-order valence-corrected chi connectivity index (χ3v) is 4.75. The summed E-state index contributed by atoms with van der Waals surface area (Å²) in [6.07, 6.45) is 10.1. The van der Waals surface area contributed by atoms with Crippen LogP contribution in [0.15, 0.2) is 42.7 Å². The molecule has 3 N–H and O–H groups in total. The van der Waals surface area contributed by atoms with Gasteiger partial charge in [-0.2, -0.15) is 0 Å². The van der Waals surface area contributed by atoms with E-state index in [9.17, 15) is 5.11 Å². The molecule has 0 atom stereocenters. The Morgan fingerprint density at radius 2 is 1.84 bits per heavy atom. The van der Waals surface area contributed by atoms with Gasteiger partial charge >= 0.3 is 0 Å². The normalized spacial score (nSPS) is 14.9. The van der Waals surface area contributed by atoms with Crippen molar-refractivity contribution >= 4 is 16.7 Å². The molecular formula is C21H21N3O. The van der Waals surface area contributed by atoms with Crippen LogP contribution in [0, 0.1) is 11.8 Å². The second kappa shape index (κ2) is 6.90. The number of rotatable bonds is 2. The Labute approximate surface area is 147 Å². The van der Waals surface area contributed by atoms with Crippen molar-refractivity contribution in [1.82, 2.24) is 9.97 Å². The summed E-state index contributed by atoms with van der Waals surface area (Å²) in [5.74, 6) is 6.67. The lowest BCUT2D eigenvalue weighted by Crippen LogP contribution is -2.22. The van der Waals surface area contributed by atoms with Gasteiger partial charge in [0.25, 0.3) is 0 Å². The molecule has 4 nitrogen and oxygen atoms in total. The van der Waals surface area contributed by atoms with Crippen LogP contribution in [0.25, 0.3) is 11.0 Å². The van der Waals surface area contributed by atoms with Crippen LogP contribution in [0.5, 0.6) is 5.75 Å². The molecule has 4 rings (SSSR count). The van der Waals surface area contributed by atoms with Gasteiger partial charge in [-0.3, -0.25) is 0 Å². The van der Waals surface area contributed by atoms with Crippen LogP contribution in [0.1, 0.15) is 43.2 Å². The number of phenolic OH excluding ortho intramolecular Hbond substituents is 1. The lowest BCUT2D eigenvalue weighted by atomic mass is 9.95. The largest absolute Gasteiger partial charge is 0.508 e. The predicted molar refractivity (Wildman–Crippen MR) is 101 cm³/mol. The van der Waals surface area contributed by atoms with Gasteiger partial charge in [0.1, 0.15) is 11.4 Å². The van der Waals surface area contributed by atoms with Gasteiger partial charge in [-0.1, -0.05) is 31.1 Å². The van der Waals surface area contributed by atoms with Gasteiger partial charge in [0.2, 0.25) is 0 Å². The summed E-state index contributed by atoms with van der Waals surface area (Å²) in [7, 11) is 0. The maximum Gasteiger partial charge on any atom is 0.139 e. The molecule has 1 aliphatic rings. The van der Waals surface area contributed by atoms with E-state index in [2.05, 4.69) is 33.2 Å². The fraction of sp³-hybridized carbons (Fsp3) is 0.286. The summed E-state index contributed by atoms with van der Waals surface area (Å²) in [5, 5.41) is 14.2. The molecule has 0 spiro atoms. The number of aromatic amines is 1. The van der Waals surface area contributed by atoms with Gasteiger partial charge < -0.3 is 15.4 Å². The van der Waals surface area contributed by atoms with Crippen LogP contribution in [0.4, 0.5) is 5.69 Å². The highest BCUT2D eigenvalue weighted by atomic mass is 16.3. The Kier molecular flexibility index (Phi) is 4.30. The maximum atomic E-state index is 9.39. The van der Waals surface area contributed by atoms with Crippen molar-refractivity contribution in [1.29, 1.82) is 0 Å². The number of phenols is 1. The third-order valence-electron chi connectivity index (χ3n) is 4.75. The Morgan fingerprint density at radius 1 is 1.04 bits per heavy atom. The number of aromatic hydroxyl groups is 1. The van der Waals surface area contributed by atoms with Crippen LogP contribution < -0.4 is 5.32 Å². The summed E-state index contributed by atoms with van der Waals surface area (Å²) < 4.78 is 0. The third kappa shape index (κ3) is 3.46. The van der Waals surface area contributed by atoms with Gasteiger partial charge in [0.15, 0.2) is 0 Å². The van der Waals surface area contributed by atoms with E-state index in [0.717, 1.165) is 27.8 Å². The number of fused-ring (bicyclic) bond motifs is 1. The maximum absolute atomic E-state index is 9.39. The van der Waals surface area contributed by atoms with E-state index in [1.54, 1.807) is 12.1 Å². The second-order valence-electron chi connectivity index (χ2n) is 6.56. The SMILES string of the molecule is Oc1ccc(C#Cc2cnc3[nH]ccc3c2NC2CCCCC2)cc1. The number of anilines is 1. The van der Waals surface area contributed by atoms with Crippen LogP contribution in [0.3, 0.4) is 0 Å². The second-order valence-corrected chi connectivity index (χ2v) is 6.56. The first kappa shape index (κ1) is 15.6. The molecule has 1 aromatic carbocycles. The van der Waals surface area contributed by atoms with Crippen LogP contribution in [0.2, 0.25) is 0 Å². The highest BCUT2D eigenvalue weighted by Crippen LogP contribution is 2.29. The Hall–Kier alpha value is -2.93. The molecule has 4 heteroatoms. The van der Waals surface area contributed by atoms with Crippen molar-refractivity contribution in [3.05, 3.63) is 53.9 Å². The van der Waals surface area contributed by atoms with E-state index >= 15 is 0 Å². The molecule has 0 unspecified atom stereocenters. The van der Waals surface area contributed by atoms with Crippen LogP contribution in [-0.4, -0.2) is 21.1 Å². The number of hydrogen-bond donors (Lipinski definition) is 3. The number of H-pyrrole nitrogens is 1. The van der Waals surface area contributed by atoms with Gasteiger partial charge in [-0.25, -0.2) is 4.98 Å². The van der Waals surface area contributed by atoms with Crippen LogP contribution >= 0.6 is 0 Å². The van der Waals surface area contributed by atoms with Gasteiger partial charge in [0.05, 0.1) is 11.3 Å². The first-order valence-electron chi connectivity index (χ1n) is 8.83. The lowest BCUT2D eigenvalue weighted by molar-refractivity contribution is 0.463. The van der Waals surface area contributed by atoms with E-state index in [-0.39, 0.29) is 5.75 Å². The number of benzene rings is 1. The topological polar surface area (TPSA) is 60.9 Å². The van der Waals surface area contributed by atoms with E-state index in [0.29, 0.717) is 6.04 Å². The molecule has 0 saturated heterocycles. The highest BCUT2D eigenvalue weighted by Gasteiger charge is 2.16.